The minimum atomic E-state index is -0.738. The molecule has 6 heteroatoms. The highest BCUT2D eigenvalue weighted by atomic mass is 16.4. The molecule has 1 heterocycles. The van der Waals surface area contributed by atoms with Crippen molar-refractivity contribution in [3.8, 4) is 0 Å². The third-order valence-electron chi connectivity index (χ3n) is 3.65. The standard InChI is InChI=1S/C13H19N3O3/c17-12(14-7-9-16-8-1-6-15-16)10-2-4-11(5-3-10)13(18)19/h1,6,8,10-11H,2-5,7,9H2,(H,14,17)(H,18,19). The molecule has 0 bridgehead atoms. The molecule has 0 radical (unpaired) electrons. The van der Waals surface area contributed by atoms with Gasteiger partial charge in [0.05, 0.1) is 12.5 Å². The predicted octanol–water partition coefficient (Wildman–Crippen LogP) is 0.890. The van der Waals surface area contributed by atoms with Crippen molar-refractivity contribution in [3.05, 3.63) is 18.5 Å². The first-order valence-electron chi connectivity index (χ1n) is 6.65. The van der Waals surface area contributed by atoms with Crippen LogP contribution in [0.4, 0.5) is 0 Å². The Hall–Kier alpha value is -1.85. The van der Waals surface area contributed by atoms with E-state index in [4.69, 9.17) is 5.11 Å². The van der Waals surface area contributed by atoms with Crippen LogP contribution in [0.5, 0.6) is 0 Å². The van der Waals surface area contributed by atoms with E-state index in [9.17, 15) is 9.59 Å². The first kappa shape index (κ1) is 13.6. The number of carboxylic acids is 1. The summed E-state index contributed by atoms with van der Waals surface area (Å²) in [5.41, 5.74) is 0. The van der Waals surface area contributed by atoms with Crippen molar-refractivity contribution in [1.29, 1.82) is 0 Å². The van der Waals surface area contributed by atoms with E-state index in [1.54, 1.807) is 10.9 Å². The molecule has 1 aliphatic rings. The van der Waals surface area contributed by atoms with Crippen molar-refractivity contribution < 1.29 is 14.7 Å². The van der Waals surface area contributed by atoms with Gasteiger partial charge in [-0.2, -0.15) is 5.10 Å². The molecule has 1 saturated carbocycles. The van der Waals surface area contributed by atoms with Gasteiger partial charge >= 0.3 is 5.97 Å². The van der Waals surface area contributed by atoms with Crippen LogP contribution in [-0.4, -0.2) is 33.3 Å². The molecule has 0 atom stereocenters. The molecule has 6 nitrogen and oxygen atoms in total. The second-order valence-electron chi connectivity index (χ2n) is 4.95. The number of nitrogens with zero attached hydrogens (tertiary/aromatic N) is 2. The third kappa shape index (κ3) is 3.81. The summed E-state index contributed by atoms with van der Waals surface area (Å²) in [7, 11) is 0. The molecule has 19 heavy (non-hydrogen) atoms. The monoisotopic (exact) mass is 265 g/mol. The fraction of sp³-hybridized carbons (Fsp3) is 0.615. The van der Waals surface area contributed by atoms with Gasteiger partial charge in [0.25, 0.3) is 0 Å². The van der Waals surface area contributed by atoms with E-state index in [2.05, 4.69) is 10.4 Å². The molecule has 1 aromatic rings. The molecule has 1 amide bonds. The van der Waals surface area contributed by atoms with Crippen molar-refractivity contribution in [2.45, 2.75) is 32.2 Å². The number of rotatable bonds is 5. The van der Waals surface area contributed by atoms with E-state index in [-0.39, 0.29) is 17.7 Å². The van der Waals surface area contributed by atoms with Crippen LogP contribution in [0, 0.1) is 11.8 Å². The summed E-state index contributed by atoms with van der Waals surface area (Å²) in [6, 6.07) is 1.84. The molecule has 0 aliphatic heterocycles. The van der Waals surface area contributed by atoms with Gasteiger partial charge in [-0.15, -0.1) is 0 Å². The lowest BCUT2D eigenvalue weighted by Gasteiger charge is -2.25. The van der Waals surface area contributed by atoms with Gasteiger partial charge in [0.2, 0.25) is 5.91 Å². The van der Waals surface area contributed by atoms with Gasteiger partial charge < -0.3 is 10.4 Å². The van der Waals surface area contributed by atoms with Crippen molar-refractivity contribution in [2.75, 3.05) is 6.54 Å². The molecule has 2 N–H and O–H groups in total. The molecule has 1 fully saturated rings. The molecule has 0 unspecified atom stereocenters. The SMILES string of the molecule is O=C(O)C1CCC(C(=O)NCCn2cccn2)CC1. The zero-order valence-electron chi connectivity index (χ0n) is 10.8. The summed E-state index contributed by atoms with van der Waals surface area (Å²) in [6.07, 6.45) is 6.10. The number of carbonyl (C=O) groups excluding carboxylic acids is 1. The second kappa shape index (κ2) is 6.36. The van der Waals surface area contributed by atoms with Crippen molar-refractivity contribution in [2.24, 2.45) is 11.8 Å². The van der Waals surface area contributed by atoms with Crippen LogP contribution in [0.3, 0.4) is 0 Å². The lowest BCUT2D eigenvalue weighted by Crippen LogP contribution is -2.36. The van der Waals surface area contributed by atoms with Gasteiger partial charge in [0.1, 0.15) is 0 Å². The Bertz CT molecular complexity index is 422. The Morgan fingerprint density at radius 1 is 1.26 bits per heavy atom. The highest BCUT2D eigenvalue weighted by Crippen LogP contribution is 2.28. The van der Waals surface area contributed by atoms with E-state index in [0.717, 1.165) is 0 Å². The third-order valence-corrected chi connectivity index (χ3v) is 3.65. The number of hydrogen-bond donors (Lipinski definition) is 2. The first-order valence-corrected chi connectivity index (χ1v) is 6.65. The van der Waals surface area contributed by atoms with Crippen molar-refractivity contribution in [1.82, 2.24) is 15.1 Å². The van der Waals surface area contributed by atoms with Crippen LogP contribution >= 0.6 is 0 Å². The average Bonchev–Trinajstić information content (AvgIpc) is 2.92. The Balaban J connectivity index is 1.68. The number of hydrogen-bond acceptors (Lipinski definition) is 3. The fourth-order valence-electron chi connectivity index (χ4n) is 2.47. The minimum absolute atomic E-state index is 0.0341. The molecule has 0 spiro atoms. The maximum absolute atomic E-state index is 11.9. The summed E-state index contributed by atoms with van der Waals surface area (Å²) in [4.78, 5) is 22.7. The molecular weight excluding hydrogens is 246 g/mol. The zero-order valence-corrected chi connectivity index (χ0v) is 10.8. The maximum atomic E-state index is 11.9. The van der Waals surface area contributed by atoms with E-state index < -0.39 is 5.97 Å². The lowest BCUT2D eigenvalue weighted by atomic mass is 9.81. The Labute approximate surface area is 111 Å². The number of carbonyl (C=O) groups is 2. The summed E-state index contributed by atoms with van der Waals surface area (Å²) in [5, 5.41) is 15.8. The van der Waals surface area contributed by atoms with E-state index >= 15 is 0 Å². The Morgan fingerprint density at radius 3 is 2.53 bits per heavy atom. The van der Waals surface area contributed by atoms with Gasteiger partial charge in [-0.25, -0.2) is 0 Å². The molecular formula is C13H19N3O3. The smallest absolute Gasteiger partial charge is 0.306 e. The van der Waals surface area contributed by atoms with E-state index in [1.165, 1.54) is 0 Å². The highest BCUT2D eigenvalue weighted by molar-refractivity contribution is 5.79. The average molecular weight is 265 g/mol. The molecule has 2 rings (SSSR count). The number of aliphatic carboxylic acids is 1. The summed E-state index contributed by atoms with van der Waals surface area (Å²) in [6.45, 7) is 1.21. The number of carboxylic acid groups (broad SMARTS) is 1. The van der Waals surface area contributed by atoms with Gasteiger partial charge in [-0.05, 0) is 31.7 Å². The number of aromatic nitrogens is 2. The maximum Gasteiger partial charge on any atom is 0.306 e. The minimum Gasteiger partial charge on any atom is -0.481 e. The first-order chi connectivity index (χ1) is 9.16. The Morgan fingerprint density at radius 2 is 1.95 bits per heavy atom. The molecule has 104 valence electrons. The topological polar surface area (TPSA) is 84.2 Å². The van der Waals surface area contributed by atoms with Gasteiger partial charge in [-0.3, -0.25) is 14.3 Å². The molecule has 1 aliphatic carbocycles. The molecule has 1 aromatic heterocycles. The van der Waals surface area contributed by atoms with Crippen LogP contribution in [-0.2, 0) is 16.1 Å². The summed E-state index contributed by atoms with van der Waals surface area (Å²) in [5.74, 6) is -1.00. The largest absolute Gasteiger partial charge is 0.481 e. The van der Waals surface area contributed by atoms with Crippen molar-refractivity contribution >= 4 is 11.9 Å². The van der Waals surface area contributed by atoms with E-state index in [0.29, 0.717) is 38.8 Å². The predicted molar refractivity (Wildman–Crippen MR) is 68.3 cm³/mol. The summed E-state index contributed by atoms with van der Waals surface area (Å²) < 4.78 is 1.77. The quantitative estimate of drug-likeness (QED) is 0.828. The van der Waals surface area contributed by atoms with Gasteiger partial charge in [-0.1, -0.05) is 0 Å². The van der Waals surface area contributed by atoms with E-state index in [1.807, 2.05) is 12.3 Å². The van der Waals surface area contributed by atoms with Crippen LogP contribution in [0.2, 0.25) is 0 Å². The van der Waals surface area contributed by atoms with Crippen molar-refractivity contribution in [3.63, 3.8) is 0 Å². The molecule has 0 saturated heterocycles. The fourth-order valence-corrected chi connectivity index (χ4v) is 2.47. The number of nitrogens with one attached hydrogen (secondary N) is 1. The normalized spacial score (nSPS) is 22.9. The lowest BCUT2D eigenvalue weighted by molar-refractivity contribution is -0.144. The van der Waals surface area contributed by atoms with Crippen LogP contribution in [0.1, 0.15) is 25.7 Å². The summed E-state index contributed by atoms with van der Waals surface area (Å²) >= 11 is 0. The van der Waals surface area contributed by atoms with Crippen LogP contribution < -0.4 is 5.32 Å². The number of amides is 1. The van der Waals surface area contributed by atoms with Gasteiger partial charge in [0.15, 0.2) is 0 Å². The molecule has 0 aromatic carbocycles. The zero-order chi connectivity index (χ0) is 13.7. The highest BCUT2D eigenvalue weighted by Gasteiger charge is 2.29. The second-order valence-corrected chi connectivity index (χ2v) is 4.95. The Kier molecular flexibility index (Phi) is 4.54. The van der Waals surface area contributed by atoms with Gasteiger partial charge in [0, 0.05) is 24.9 Å². The van der Waals surface area contributed by atoms with Crippen LogP contribution in [0.25, 0.3) is 0 Å². The van der Waals surface area contributed by atoms with Crippen LogP contribution in [0.15, 0.2) is 18.5 Å².